The number of alkyl halides is 1. The van der Waals surface area contributed by atoms with E-state index in [0.717, 1.165) is 18.0 Å². The Morgan fingerprint density at radius 1 is 1.30 bits per heavy atom. The quantitative estimate of drug-likeness (QED) is 0.769. The van der Waals surface area contributed by atoms with Crippen LogP contribution in [0.3, 0.4) is 0 Å². The maximum atomic E-state index is 5.89. The van der Waals surface area contributed by atoms with Crippen LogP contribution in [0.2, 0.25) is 0 Å². The number of nitrogens with zero attached hydrogens (tertiary/aromatic N) is 4. The molecular weight excluding hydrogens is 276 g/mol. The van der Waals surface area contributed by atoms with E-state index in [1.54, 1.807) is 7.11 Å². The van der Waals surface area contributed by atoms with Gasteiger partial charge < -0.3 is 9.30 Å². The van der Waals surface area contributed by atoms with Crippen LogP contribution in [0, 0.1) is 11.8 Å². The Morgan fingerprint density at radius 3 is 2.65 bits per heavy atom. The van der Waals surface area contributed by atoms with Crippen molar-refractivity contribution in [3.05, 3.63) is 12.2 Å². The van der Waals surface area contributed by atoms with E-state index in [-0.39, 0.29) is 0 Å². The Hall–Kier alpha value is -1.36. The maximum Gasteiger partial charge on any atom is 0.245 e. The van der Waals surface area contributed by atoms with Gasteiger partial charge in [0.25, 0.3) is 0 Å². The second kappa shape index (κ2) is 6.39. The van der Waals surface area contributed by atoms with Gasteiger partial charge in [0.2, 0.25) is 5.88 Å². The molecule has 5 nitrogen and oxygen atoms in total. The van der Waals surface area contributed by atoms with Crippen molar-refractivity contribution >= 4 is 22.8 Å². The van der Waals surface area contributed by atoms with E-state index >= 15 is 0 Å². The highest BCUT2D eigenvalue weighted by Gasteiger charge is 2.18. The fourth-order valence-electron chi connectivity index (χ4n) is 2.08. The third-order valence-electron chi connectivity index (χ3n) is 3.70. The number of fused-ring (bicyclic) bond motifs is 1. The van der Waals surface area contributed by atoms with Gasteiger partial charge in [0.05, 0.1) is 7.11 Å². The lowest BCUT2D eigenvalue weighted by Gasteiger charge is -2.17. The fourth-order valence-corrected chi connectivity index (χ4v) is 2.25. The van der Waals surface area contributed by atoms with E-state index in [2.05, 4.69) is 40.3 Å². The summed E-state index contributed by atoms with van der Waals surface area (Å²) < 4.78 is 7.41. The second-order valence-electron chi connectivity index (χ2n) is 5.35. The lowest BCUT2D eigenvalue weighted by molar-refractivity contribution is 0.363. The van der Waals surface area contributed by atoms with Crippen molar-refractivity contribution in [1.29, 1.82) is 0 Å². The number of aromatic nitrogens is 4. The molecule has 20 heavy (non-hydrogen) atoms. The van der Waals surface area contributed by atoms with Gasteiger partial charge in [0, 0.05) is 18.8 Å². The Balaban J connectivity index is 2.51. The molecule has 2 rings (SSSR count). The van der Waals surface area contributed by atoms with Crippen molar-refractivity contribution in [3.63, 3.8) is 0 Å². The average Bonchev–Trinajstić information content (AvgIpc) is 2.77. The van der Waals surface area contributed by atoms with Crippen molar-refractivity contribution in [1.82, 2.24) is 19.5 Å². The van der Waals surface area contributed by atoms with E-state index in [4.69, 9.17) is 16.3 Å². The first-order valence-corrected chi connectivity index (χ1v) is 7.42. The molecule has 0 aliphatic carbocycles. The molecule has 0 fully saturated rings. The number of imidazole rings is 1. The summed E-state index contributed by atoms with van der Waals surface area (Å²) in [5, 5.41) is 0. The minimum absolute atomic E-state index is 0.516. The largest absolute Gasteiger partial charge is 0.479 e. The molecule has 0 saturated carbocycles. The fraction of sp³-hybridized carbons (Fsp3) is 0.643. The van der Waals surface area contributed by atoms with Gasteiger partial charge in [-0.1, -0.05) is 20.8 Å². The van der Waals surface area contributed by atoms with Gasteiger partial charge in [-0.15, -0.1) is 11.6 Å². The zero-order chi connectivity index (χ0) is 14.7. The van der Waals surface area contributed by atoms with E-state index in [1.807, 2.05) is 0 Å². The van der Waals surface area contributed by atoms with Crippen LogP contribution in [0.15, 0.2) is 6.33 Å². The van der Waals surface area contributed by atoms with Crippen LogP contribution in [-0.4, -0.2) is 32.5 Å². The smallest absolute Gasteiger partial charge is 0.245 e. The summed E-state index contributed by atoms with van der Waals surface area (Å²) in [6, 6.07) is 0. The number of aryl methyl sites for hydroxylation is 1. The van der Waals surface area contributed by atoms with Crippen LogP contribution in [0.4, 0.5) is 0 Å². The van der Waals surface area contributed by atoms with Crippen LogP contribution >= 0.6 is 11.6 Å². The zero-order valence-electron chi connectivity index (χ0n) is 12.4. The topological polar surface area (TPSA) is 52.8 Å². The molecule has 0 N–H and O–H groups in total. The number of hydrogen-bond acceptors (Lipinski definition) is 4. The van der Waals surface area contributed by atoms with Crippen LogP contribution in [0.25, 0.3) is 11.2 Å². The third-order valence-corrected chi connectivity index (χ3v) is 3.89. The molecule has 2 aromatic rings. The lowest BCUT2D eigenvalue weighted by atomic mass is 9.98. The van der Waals surface area contributed by atoms with E-state index in [1.165, 1.54) is 6.33 Å². The van der Waals surface area contributed by atoms with Crippen LogP contribution in [-0.2, 0) is 13.0 Å². The molecule has 6 heteroatoms. The molecule has 2 heterocycles. The summed E-state index contributed by atoms with van der Waals surface area (Å²) in [5.74, 6) is 3.13. The summed E-state index contributed by atoms with van der Waals surface area (Å²) in [4.78, 5) is 13.1. The highest BCUT2D eigenvalue weighted by molar-refractivity contribution is 6.17. The second-order valence-corrected chi connectivity index (χ2v) is 5.73. The summed E-state index contributed by atoms with van der Waals surface area (Å²) in [6.45, 7) is 7.56. The molecule has 2 aromatic heterocycles. The number of hydrogen-bond donors (Lipinski definition) is 0. The van der Waals surface area contributed by atoms with E-state index < -0.39 is 0 Å². The third kappa shape index (κ3) is 2.87. The van der Waals surface area contributed by atoms with Crippen molar-refractivity contribution < 1.29 is 4.74 Å². The molecule has 0 aliphatic rings. The number of halogens is 1. The minimum Gasteiger partial charge on any atom is -0.479 e. The van der Waals surface area contributed by atoms with Gasteiger partial charge in [-0.25, -0.2) is 9.97 Å². The molecular formula is C14H21ClN4O. The normalized spacial score (nSPS) is 13.1. The lowest BCUT2D eigenvalue weighted by Crippen LogP contribution is -2.16. The van der Waals surface area contributed by atoms with Gasteiger partial charge in [-0.2, -0.15) is 4.98 Å². The Bertz CT molecular complexity index is 582. The molecule has 0 saturated heterocycles. The maximum absolute atomic E-state index is 5.89. The number of rotatable bonds is 6. The minimum atomic E-state index is 0.516. The Labute approximate surface area is 124 Å². The van der Waals surface area contributed by atoms with Gasteiger partial charge in [-0.3, -0.25) is 0 Å². The van der Waals surface area contributed by atoms with Gasteiger partial charge in [0.15, 0.2) is 11.2 Å². The molecule has 0 aromatic carbocycles. The predicted molar refractivity (Wildman–Crippen MR) is 80.3 cm³/mol. The molecule has 0 spiro atoms. The molecule has 0 radical (unpaired) electrons. The van der Waals surface area contributed by atoms with E-state index in [0.29, 0.717) is 35.5 Å². The Morgan fingerprint density at radius 2 is 2.05 bits per heavy atom. The first-order valence-electron chi connectivity index (χ1n) is 6.88. The summed E-state index contributed by atoms with van der Waals surface area (Å²) in [7, 11) is 1.60. The van der Waals surface area contributed by atoms with Crippen molar-refractivity contribution in [2.24, 2.45) is 11.8 Å². The average molecular weight is 297 g/mol. The van der Waals surface area contributed by atoms with E-state index in [9.17, 15) is 0 Å². The number of methoxy groups -OCH3 is 1. The van der Waals surface area contributed by atoms with Crippen LogP contribution in [0.5, 0.6) is 5.88 Å². The van der Waals surface area contributed by atoms with Crippen LogP contribution < -0.4 is 4.74 Å². The summed E-state index contributed by atoms with van der Waals surface area (Å²) in [5.41, 5.74) is 1.54. The van der Waals surface area contributed by atoms with Crippen molar-refractivity contribution in [2.45, 2.75) is 33.7 Å². The Kier molecular flexibility index (Phi) is 4.81. The van der Waals surface area contributed by atoms with Gasteiger partial charge in [0.1, 0.15) is 12.2 Å². The zero-order valence-corrected chi connectivity index (χ0v) is 13.2. The van der Waals surface area contributed by atoms with Crippen LogP contribution in [0.1, 0.15) is 26.6 Å². The molecule has 110 valence electrons. The summed E-state index contributed by atoms with van der Waals surface area (Å²) >= 11 is 5.89. The van der Waals surface area contributed by atoms with Gasteiger partial charge in [-0.05, 0) is 11.8 Å². The standard InChI is InChI=1S/C14H21ClN4O/c1-9(2)10(3)7-19-11(5-6-15)18-12-13(19)16-8-17-14(12)20-4/h8-10H,5-7H2,1-4H3. The predicted octanol–water partition coefficient (Wildman–Crippen LogP) is 2.91. The molecule has 0 bridgehead atoms. The molecule has 0 aliphatic heterocycles. The highest BCUT2D eigenvalue weighted by Crippen LogP contribution is 2.24. The van der Waals surface area contributed by atoms with Gasteiger partial charge >= 0.3 is 0 Å². The van der Waals surface area contributed by atoms with Crippen molar-refractivity contribution in [3.8, 4) is 5.88 Å². The first-order chi connectivity index (χ1) is 9.58. The monoisotopic (exact) mass is 296 g/mol. The first kappa shape index (κ1) is 15.0. The molecule has 1 unspecified atom stereocenters. The molecule has 1 atom stereocenters. The summed E-state index contributed by atoms with van der Waals surface area (Å²) in [6.07, 6.45) is 2.23. The number of ether oxygens (including phenoxy) is 1. The SMILES string of the molecule is COc1ncnc2c1nc(CCCl)n2CC(C)C(C)C. The highest BCUT2D eigenvalue weighted by atomic mass is 35.5. The van der Waals surface area contributed by atoms with Crippen molar-refractivity contribution in [2.75, 3.05) is 13.0 Å². The molecule has 0 amide bonds.